The maximum atomic E-state index is 6.00. The van der Waals surface area contributed by atoms with Gasteiger partial charge in [0.15, 0.2) is 0 Å². The summed E-state index contributed by atoms with van der Waals surface area (Å²) >= 11 is 0. The van der Waals surface area contributed by atoms with E-state index in [-0.39, 0.29) is 5.41 Å². The molecule has 0 radical (unpaired) electrons. The lowest BCUT2D eigenvalue weighted by molar-refractivity contribution is 0.538. The zero-order valence-electron chi connectivity index (χ0n) is 9.84. The highest BCUT2D eigenvalue weighted by Crippen LogP contribution is 2.30. The molecule has 0 aliphatic carbocycles. The molecule has 2 aromatic rings. The van der Waals surface area contributed by atoms with Crippen molar-refractivity contribution in [1.29, 1.82) is 0 Å². The largest absolute Gasteiger partial charge is 0.329 e. The van der Waals surface area contributed by atoms with Crippen molar-refractivity contribution in [3.63, 3.8) is 0 Å². The molecular weight excluding hydrogens is 208 g/mol. The second-order valence-corrected chi connectivity index (χ2v) is 4.22. The van der Waals surface area contributed by atoms with E-state index in [1.54, 1.807) is 0 Å². The molecule has 2 heteroatoms. The third-order valence-electron chi connectivity index (χ3n) is 3.35. The quantitative estimate of drug-likeness (QED) is 0.836. The maximum Gasteiger partial charge on any atom is 0.0446 e. The van der Waals surface area contributed by atoms with Gasteiger partial charge in [-0.25, -0.2) is 0 Å². The average Bonchev–Trinajstić information content (AvgIpc) is 2.43. The Morgan fingerprint density at radius 2 is 1.00 bits per heavy atom. The van der Waals surface area contributed by atoms with Crippen LogP contribution in [0, 0.1) is 0 Å². The van der Waals surface area contributed by atoms with Gasteiger partial charge in [0.25, 0.3) is 0 Å². The fourth-order valence-electron chi connectivity index (χ4n) is 2.24. The van der Waals surface area contributed by atoms with Gasteiger partial charge in [0.2, 0.25) is 0 Å². The van der Waals surface area contributed by atoms with Crippen LogP contribution in [-0.2, 0) is 5.41 Å². The van der Waals surface area contributed by atoms with Gasteiger partial charge in [0, 0.05) is 18.5 Å². The molecule has 4 N–H and O–H groups in total. The molecule has 0 aliphatic rings. The molecule has 0 amide bonds. The summed E-state index contributed by atoms with van der Waals surface area (Å²) in [5.74, 6) is 0. The van der Waals surface area contributed by atoms with E-state index in [0.717, 1.165) is 0 Å². The van der Waals surface area contributed by atoms with Crippen LogP contribution in [0.15, 0.2) is 60.7 Å². The Hall–Kier alpha value is -1.64. The van der Waals surface area contributed by atoms with Gasteiger partial charge in [-0.15, -0.1) is 0 Å². The first-order chi connectivity index (χ1) is 8.33. The molecule has 88 valence electrons. The predicted molar refractivity (Wildman–Crippen MR) is 71.8 cm³/mol. The first-order valence-electron chi connectivity index (χ1n) is 5.84. The third kappa shape index (κ3) is 2.09. The topological polar surface area (TPSA) is 52.0 Å². The summed E-state index contributed by atoms with van der Waals surface area (Å²) in [6, 6.07) is 20.5. The summed E-state index contributed by atoms with van der Waals surface area (Å²) in [6.07, 6.45) is 0. The Balaban J connectivity index is 2.54. The van der Waals surface area contributed by atoms with E-state index in [9.17, 15) is 0 Å². The highest BCUT2D eigenvalue weighted by Gasteiger charge is 2.30. The Kier molecular flexibility index (Phi) is 3.57. The standard InChI is InChI=1S/C15H18N2/c16-11-15(12-17,13-7-3-1-4-8-13)14-9-5-2-6-10-14/h1-10H,11-12,16-17H2. The molecule has 2 nitrogen and oxygen atoms in total. The summed E-state index contributed by atoms with van der Waals surface area (Å²) in [6.45, 7) is 1.02. The molecule has 0 atom stereocenters. The van der Waals surface area contributed by atoms with Crippen LogP contribution in [0.25, 0.3) is 0 Å². The Bertz CT molecular complexity index is 405. The average molecular weight is 226 g/mol. The minimum atomic E-state index is -0.275. The van der Waals surface area contributed by atoms with Crippen LogP contribution in [0.4, 0.5) is 0 Å². The van der Waals surface area contributed by atoms with Gasteiger partial charge in [-0.3, -0.25) is 0 Å². The van der Waals surface area contributed by atoms with Crippen LogP contribution in [0.5, 0.6) is 0 Å². The lowest BCUT2D eigenvalue weighted by atomic mass is 9.74. The zero-order valence-corrected chi connectivity index (χ0v) is 9.84. The smallest absolute Gasteiger partial charge is 0.0446 e. The van der Waals surface area contributed by atoms with Crippen molar-refractivity contribution >= 4 is 0 Å². The third-order valence-corrected chi connectivity index (χ3v) is 3.35. The Morgan fingerprint density at radius 1 is 0.647 bits per heavy atom. The molecule has 0 heterocycles. The van der Waals surface area contributed by atoms with Crippen LogP contribution in [0.3, 0.4) is 0 Å². The minimum Gasteiger partial charge on any atom is -0.329 e. The maximum absolute atomic E-state index is 6.00. The summed E-state index contributed by atoms with van der Waals surface area (Å²) in [5.41, 5.74) is 14.1. The molecular formula is C15H18N2. The number of rotatable bonds is 4. The van der Waals surface area contributed by atoms with Crippen molar-refractivity contribution < 1.29 is 0 Å². The number of nitrogens with two attached hydrogens (primary N) is 2. The molecule has 17 heavy (non-hydrogen) atoms. The lowest BCUT2D eigenvalue weighted by Crippen LogP contribution is -2.43. The normalized spacial score (nSPS) is 11.4. The van der Waals surface area contributed by atoms with Gasteiger partial charge in [0.05, 0.1) is 0 Å². The SMILES string of the molecule is NCC(CN)(c1ccccc1)c1ccccc1. The van der Waals surface area contributed by atoms with Crippen LogP contribution in [-0.4, -0.2) is 13.1 Å². The summed E-state index contributed by atoms with van der Waals surface area (Å²) < 4.78 is 0. The Labute approximate surface area is 102 Å². The predicted octanol–water partition coefficient (Wildman–Crippen LogP) is 1.89. The van der Waals surface area contributed by atoms with E-state index < -0.39 is 0 Å². The monoisotopic (exact) mass is 226 g/mol. The molecule has 0 fully saturated rings. The molecule has 0 saturated carbocycles. The van der Waals surface area contributed by atoms with E-state index in [1.807, 2.05) is 36.4 Å². The van der Waals surface area contributed by atoms with Crippen molar-refractivity contribution in [3.8, 4) is 0 Å². The molecule has 0 aromatic heterocycles. The van der Waals surface area contributed by atoms with Crippen LogP contribution in [0.2, 0.25) is 0 Å². The zero-order chi connectivity index (χ0) is 12.1. The molecule has 0 aliphatic heterocycles. The second kappa shape index (κ2) is 5.13. The van der Waals surface area contributed by atoms with Crippen molar-refractivity contribution in [2.24, 2.45) is 11.5 Å². The van der Waals surface area contributed by atoms with Gasteiger partial charge >= 0.3 is 0 Å². The number of hydrogen-bond acceptors (Lipinski definition) is 2. The van der Waals surface area contributed by atoms with Crippen LogP contribution < -0.4 is 11.5 Å². The summed E-state index contributed by atoms with van der Waals surface area (Å²) in [7, 11) is 0. The molecule has 0 spiro atoms. The van der Waals surface area contributed by atoms with Crippen molar-refractivity contribution in [2.45, 2.75) is 5.41 Å². The van der Waals surface area contributed by atoms with Gasteiger partial charge in [-0.1, -0.05) is 60.7 Å². The molecule has 0 unspecified atom stereocenters. The van der Waals surface area contributed by atoms with Crippen molar-refractivity contribution in [2.75, 3.05) is 13.1 Å². The Morgan fingerprint density at radius 3 is 1.29 bits per heavy atom. The number of benzene rings is 2. The summed E-state index contributed by atoms with van der Waals surface area (Å²) in [5, 5.41) is 0. The van der Waals surface area contributed by atoms with Gasteiger partial charge in [-0.05, 0) is 11.1 Å². The van der Waals surface area contributed by atoms with E-state index in [4.69, 9.17) is 11.5 Å². The molecule has 0 saturated heterocycles. The fraction of sp³-hybridized carbons (Fsp3) is 0.200. The molecule has 0 bridgehead atoms. The highest BCUT2D eigenvalue weighted by molar-refractivity contribution is 5.40. The highest BCUT2D eigenvalue weighted by atomic mass is 14.7. The number of hydrogen-bond donors (Lipinski definition) is 2. The molecule has 2 aromatic carbocycles. The minimum absolute atomic E-state index is 0.275. The van der Waals surface area contributed by atoms with Gasteiger partial charge in [-0.2, -0.15) is 0 Å². The van der Waals surface area contributed by atoms with E-state index in [2.05, 4.69) is 24.3 Å². The van der Waals surface area contributed by atoms with E-state index in [1.165, 1.54) is 11.1 Å². The van der Waals surface area contributed by atoms with Gasteiger partial charge in [0.1, 0.15) is 0 Å². The van der Waals surface area contributed by atoms with Crippen molar-refractivity contribution in [3.05, 3.63) is 71.8 Å². The van der Waals surface area contributed by atoms with Crippen LogP contribution >= 0.6 is 0 Å². The lowest BCUT2D eigenvalue weighted by Gasteiger charge is -2.32. The van der Waals surface area contributed by atoms with Gasteiger partial charge < -0.3 is 11.5 Å². The fourth-order valence-corrected chi connectivity index (χ4v) is 2.24. The molecule has 2 rings (SSSR count). The van der Waals surface area contributed by atoms with E-state index in [0.29, 0.717) is 13.1 Å². The first kappa shape index (κ1) is 11.8. The van der Waals surface area contributed by atoms with Crippen molar-refractivity contribution in [1.82, 2.24) is 0 Å². The summed E-state index contributed by atoms with van der Waals surface area (Å²) in [4.78, 5) is 0. The van der Waals surface area contributed by atoms with Crippen LogP contribution in [0.1, 0.15) is 11.1 Å². The van der Waals surface area contributed by atoms with E-state index >= 15 is 0 Å². The second-order valence-electron chi connectivity index (χ2n) is 4.22. The first-order valence-corrected chi connectivity index (χ1v) is 5.84.